The van der Waals surface area contributed by atoms with Crippen LogP contribution in [0.4, 0.5) is 5.69 Å². The molecular formula is C14H21NO7. The molecule has 1 unspecified atom stereocenters. The van der Waals surface area contributed by atoms with Crippen LogP contribution in [-0.2, 0) is 15.9 Å². The van der Waals surface area contributed by atoms with E-state index in [1.54, 1.807) is 7.11 Å². The molecule has 124 valence electrons. The molecule has 0 aromatic heterocycles. The summed E-state index contributed by atoms with van der Waals surface area (Å²) in [7, 11) is 1.56. The summed E-state index contributed by atoms with van der Waals surface area (Å²) >= 11 is 0. The Morgan fingerprint density at radius 3 is 2.59 bits per heavy atom. The van der Waals surface area contributed by atoms with Crippen molar-refractivity contribution in [2.45, 2.75) is 25.4 Å². The van der Waals surface area contributed by atoms with Crippen LogP contribution >= 0.6 is 0 Å². The summed E-state index contributed by atoms with van der Waals surface area (Å²) in [6.07, 6.45) is 0.534. The normalized spacial score (nSPS) is 12.3. The SMILES string of the molecule is COCCOCC(O)CCCc1cc(O)c(O)cc1[N+](=O)[O-]. The highest BCUT2D eigenvalue weighted by Gasteiger charge is 2.18. The van der Waals surface area contributed by atoms with Crippen LogP contribution in [0.3, 0.4) is 0 Å². The van der Waals surface area contributed by atoms with Gasteiger partial charge in [-0.3, -0.25) is 10.1 Å². The Bertz CT molecular complexity index is 492. The summed E-state index contributed by atoms with van der Waals surface area (Å²) in [5.74, 6) is -0.925. The van der Waals surface area contributed by atoms with Gasteiger partial charge in [-0.15, -0.1) is 0 Å². The number of ether oxygens (including phenoxy) is 2. The molecular weight excluding hydrogens is 294 g/mol. The Labute approximate surface area is 128 Å². The van der Waals surface area contributed by atoms with Gasteiger partial charge in [-0.05, 0) is 25.3 Å². The van der Waals surface area contributed by atoms with E-state index in [1.165, 1.54) is 6.07 Å². The average molecular weight is 315 g/mol. The molecule has 1 aromatic carbocycles. The van der Waals surface area contributed by atoms with Crippen LogP contribution in [0.1, 0.15) is 18.4 Å². The van der Waals surface area contributed by atoms with E-state index in [9.17, 15) is 25.4 Å². The molecule has 0 radical (unpaired) electrons. The van der Waals surface area contributed by atoms with Gasteiger partial charge in [-0.2, -0.15) is 0 Å². The first-order valence-corrected chi connectivity index (χ1v) is 6.89. The molecule has 1 aromatic rings. The first-order chi connectivity index (χ1) is 10.5. The highest BCUT2D eigenvalue weighted by atomic mass is 16.6. The molecule has 3 N–H and O–H groups in total. The Kier molecular flexibility index (Phi) is 7.58. The van der Waals surface area contributed by atoms with Gasteiger partial charge in [0.1, 0.15) is 0 Å². The van der Waals surface area contributed by atoms with E-state index in [-0.39, 0.29) is 12.3 Å². The molecule has 22 heavy (non-hydrogen) atoms. The van der Waals surface area contributed by atoms with Crippen molar-refractivity contribution in [3.05, 3.63) is 27.8 Å². The van der Waals surface area contributed by atoms with Crippen molar-refractivity contribution in [2.24, 2.45) is 0 Å². The summed E-state index contributed by atoms with van der Waals surface area (Å²) in [4.78, 5) is 10.3. The van der Waals surface area contributed by atoms with Gasteiger partial charge in [-0.1, -0.05) is 0 Å². The van der Waals surface area contributed by atoms with E-state index in [1.807, 2.05) is 0 Å². The number of aryl methyl sites for hydroxylation is 1. The molecule has 8 heteroatoms. The Morgan fingerprint density at radius 1 is 1.27 bits per heavy atom. The predicted molar refractivity (Wildman–Crippen MR) is 78.1 cm³/mol. The second-order valence-corrected chi connectivity index (χ2v) is 4.84. The monoisotopic (exact) mass is 315 g/mol. The maximum Gasteiger partial charge on any atom is 0.276 e. The molecule has 1 rings (SSSR count). The molecule has 8 nitrogen and oxygen atoms in total. The van der Waals surface area contributed by atoms with Crippen LogP contribution < -0.4 is 0 Å². The lowest BCUT2D eigenvalue weighted by molar-refractivity contribution is -0.385. The highest BCUT2D eigenvalue weighted by molar-refractivity contribution is 5.52. The molecule has 0 fully saturated rings. The van der Waals surface area contributed by atoms with E-state index in [0.717, 1.165) is 6.07 Å². The van der Waals surface area contributed by atoms with Crippen molar-refractivity contribution in [1.29, 1.82) is 0 Å². The molecule has 0 spiro atoms. The predicted octanol–water partition coefficient (Wildman–Crippen LogP) is 1.35. The van der Waals surface area contributed by atoms with E-state index in [4.69, 9.17) is 9.47 Å². The van der Waals surface area contributed by atoms with E-state index in [0.29, 0.717) is 38.0 Å². The van der Waals surface area contributed by atoms with Crippen LogP contribution in [-0.4, -0.2) is 53.3 Å². The lowest BCUT2D eigenvalue weighted by atomic mass is 10.0. The molecule has 0 heterocycles. The fourth-order valence-corrected chi connectivity index (χ4v) is 1.95. The summed E-state index contributed by atoms with van der Waals surface area (Å²) in [5, 5.41) is 39.4. The molecule has 0 saturated carbocycles. The van der Waals surface area contributed by atoms with Crippen molar-refractivity contribution in [3.8, 4) is 11.5 Å². The largest absolute Gasteiger partial charge is 0.504 e. The van der Waals surface area contributed by atoms with Crippen LogP contribution in [0, 0.1) is 10.1 Å². The summed E-state index contributed by atoms with van der Waals surface area (Å²) < 4.78 is 9.98. The lowest BCUT2D eigenvalue weighted by Crippen LogP contribution is -2.17. The number of nitro benzene ring substituents is 1. The highest BCUT2D eigenvalue weighted by Crippen LogP contribution is 2.33. The zero-order chi connectivity index (χ0) is 16.5. The minimum Gasteiger partial charge on any atom is -0.504 e. The van der Waals surface area contributed by atoms with Gasteiger partial charge >= 0.3 is 0 Å². The number of nitro groups is 1. The van der Waals surface area contributed by atoms with Gasteiger partial charge in [0.2, 0.25) is 0 Å². The average Bonchev–Trinajstić information content (AvgIpc) is 2.46. The van der Waals surface area contributed by atoms with Crippen LogP contribution in [0.15, 0.2) is 12.1 Å². The second-order valence-electron chi connectivity index (χ2n) is 4.84. The first kappa shape index (κ1) is 18.1. The van der Waals surface area contributed by atoms with Crippen LogP contribution in [0.2, 0.25) is 0 Å². The number of methoxy groups -OCH3 is 1. The van der Waals surface area contributed by atoms with E-state index < -0.39 is 22.5 Å². The Morgan fingerprint density at radius 2 is 1.95 bits per heavy atom. The number of aliphatic hydroxyl groups is 1. The number of benzene rings is 1. The molecule has 0 aliphatic rings. The second kappa shape index (κ2) is 9.19. The number of aliphatic hydroxyl groups excluding tert-OH is 1. The van der Waals surface area contributed by atoms with Gasteiger partial charge in [0, 0.05) is 12.7 Å². The van der Waals surface area contributed by atoms with Gasteiger partial charge < -0.3 is 24.8 Å². The quantitative estimate of drug-likeness (QED) is 0.258. The minimum atomic E-state index is -0.665. The van der Waals surface area contributed by atoms with E-state index in [2.05, 4.69) is 0 Å². The standard InChI is InChI=1S/C14H21NO7/c1-21-5-6-22-9-11(16)4-2-3-10-7-13(17)14(18)8-12(10)15(19)20/h7-8,11,16-18H,2-6,9H2,1H3. The van der Waals surface area contributed by atoms with Crippen molar-refractivity contribution in [1.82, 2.24) is 0 Å². The third kappa shape index (κ3) is 5.84. The third-order valence-electron chi connectivity index (χ3n) is 3.10. The molecule has 0 aliphatic carbocycles. The van der Waals surface area contributed by atoms with Crippen LogP contribution in [0.25, 0.3) is 0 Å². The van der Waals surface area contributed by atoms with Crippen molar-refractivity contribution in [2.75, 3.05) is 26.9 Å². The first-order valence-electron chi connectivity index (χ1n) is 6.89. The zero-order valence-corrected chi connectivity index (χ0v) is 12.4. The molecule has 0 amide bonds. The maximum absolute atomic E-state index is 10.9. The minimum absolute atomic E-state index is 0.173. The molecule has 0 saturated heterocycles. The number of phenols is 2. The fourth-order valence-electron chi connectivity index (χ4n) is 1.95. The summed E-state index contributed by atoms with van der Waals surface area (Å²) in [5.41, 5.74) is 0.0638. The van der Waals surface area contributed by atoms with Gasteiger partial charge in [0.25, 0.3) is 5.69 Å². The maximum atomic E-state index is 10.9. The van der Waals surface area contributed by atoms with Crippen molar-refractivity contribution >= 4 is 5.69 Å². The van der Waals surface area contributed by atoms with Crippen molar-refractivity contribution in [3.63, 3.8) is 0 Å². The van der Waals surface area contributed by atoms with Gasteiger partial charge in [0.05, 0.1) is 36.9 Å². The van der Waals surface area contributed by atoms with Crippen molar-refractivity contribution < 1.29 is 29.7 Å². The number of nitrogens with zero attached hydrogens (tertiary/aromatic N) is 1. The third-order valence-corrected chi connectivity index (χ3v) is 3.10. The Hall–Kier alpha value is -1.90. The molecule has 1 atom stereocenters. The number of aromatic hydroxyl groups is 2. The number of phenolic OH excluding ortho intramolecular Hbond substituents is 2. The van der Waals surface area contributed by atoms with E-state index >= 15 is 0 Å². The molecule has 0 aliphatic heterocycles. The lowest BCUT2D eigenvalue weighted by Gasteiger charge is -2.11. The smallest absolute Gasteiger partial charge is 0.276 e. The number of rotatable bonds is 10. The van der Waals surface area contributed by atoms with Crippen LogP contribution in [0.5, 0.6) is 11.5 Å². The summed E-state index contributed by atoms with van der Waals surface area (Å²) in [6, 6.07) is 2.10. The number of hydrogen-bond acceptors (Lipinski definition) is 7. The molecule has 0 bridgehead atoms. The number of hydrogen-bond donors (Lipinski definition) is 3. The topological polar surface area (TPSA) is 122 Å². The van der Waals surface area contributed by atoms with Gasteiger partial charge in [-0.25, -0.2) is 0 Å². The summed E-state index contributed by atoms with van der Waals surface area (Å²) in [6.45, 7) is 1.02. The zero-order valence-electron chi connectivity index (χ0n) is 12.4. The Balaban J connectivity index is 2.47. The fraction of sp³-hybridized carbons (Fsp3) is 0.571. The van der Waals surface area contributed by atoms with Gasteiger partial charge in [0.15, 0.2) is 11.5 Å².